The summed E-state index contributed by atoms with van der Waals surface area (Å²) in [7, 11) is 4.02. The minimum atomic E-state index is -0.138. The summed E-state index contributed by atoms with van der Waals surface area (Å²) in [5.41, 5.74) is 3.51. The number of carbonyl (C=O) groups excluding carboxylic acids is 1. The van der Waals surface area contributed by atoms with Crippen LogP contribution in [0.15, 0.2) is 42.6 Å². The number of amides is 1. The predicted octanol–water partition coefficient (Wildman–Crippen LogP) is 1.47. The molecule has 124 valence electrons. The fourth-order valence-corrected chi connectivity index (χ4v) is 2.70. The zero-order chi connectivity index (χ0) is 17.1. The molecule has 0 aliphatic carbocycles. The monoisotopic (exact) mass is 324 g/mol. The van der Waals surface area contributed by atoms with E-state index in [1.54, 1.807) is 18.3 Å². The maximum Gasteiger partial charge on any atom is 0.251 e. The van der Waals surface area contributed by atoms with Gasteiger partial charge in [0.2, 0.25) is 0 Å². The first-order valence-corrected chi connectivity index (χ1v) is 7.74. The van der Waals surface area contributed by atoms with Crippen LogP contribution in [-0.4, -0.2) is 51.5 Å². The Bertz CT molecular complexity index is 857. The highest BCUT2D eigenvalue weighted by Gasteiger charge is 2.17. The van der Waals surface area contributed by atoms with Crippen molar-refractivity contribution in [1.29, 1.82) is 0 Å². The molecule has 1 N–H and O–H groups in total. The second-order valence-corrected chi connectivity index (χ2v) is 5.94. The third-order valence-corrected chi connectivity index (χ3v) is 4.09. The summed E-state index contributed by atoms with van der Waals surface area (Å²) in [4.78, 5) is 14.6. The lowest BCUT2D eigenvalue weighted by molar-refractivity contribution is 0.0942. The molecule has 3 rings (SSSR count). The SMILES string of the molecule is Cc1ccccc1[C@H](CNC(=O)c1ccn2nnnc2c1)N(C)C. The van der Waals surface area contributed by atoms with E-state index in [9.17, 15) is 4.79 Å². The molecule has 0 aliphatic rings. The Hall–Kier alpha value is -2.80. The molecule has 1 amide bonds. The van der Waals surface area contributed by atoms with E-state index in [0.29, 0.717) is 17.8 Å². The molecule has 0 unspecified atom stereocenters. The highest BCUT2D eigenvalue weighted by atomic mass is 16.1. The number of benzene rings is 1. The van der Waals surface area contributed by atoms with Crippen LogP contribution in [0.1, 0.15) is 27.5 Å². The summed E-state index contributed by atoms with van der Waals surface area (Å²) in [5.74, 6) is -0.138. The molecule has 0 aliphatic heterocycles. The number of nitrogens with zero attached hydrogens (tertiary/aromatic N) is 5. The van der Waals surface area contributed by atoms with E-state index in [0.717, 1.165) is 0 Å². The van der Waals surface area contributed by atoms with Crippen molar-refractivity contribution < 1.29 is 4.79 Å². The van der Waals surface area contributed by atoms with Crippen LogP contribution < -0.4 is 5.32 Å². The van der Waals surface area contributed by atoms with Gasteiger partial charge in [-0.25, -0.2) is 4.52 Å². The molecule has 2 heterocycles. The van der Waals surface area contributed by atoms with E-state index in [1.807, 2.05) is 26.2 Å². The number of likely N-dealkylation sites (N-methyl/N-ethyl adjacent to an activating group) is 1. The molecule has 7 nitrogen and oxygen atoms in total. The first-order valence-electron chi connectivity index (χ1n) is 7.74. The molecule has 1 aromatic carbocycles. The Morgan fingerprint density at radius 3 is 2.83 bits per heavy atom. The van der Waals surface area contributed by atoms with Crippen molar-refractivity contribution in [2.45, 2.75) is 13.0 Å². The fraction of sp³-hybridized carbons (Fsp3) is 0.294. The van der Waals surface area contributed by atoms with Crippen LogP contribution in [0.4, 0.5) is 0 Å². The molecule has 3 aromatic rings. The lowest BCUT2D eigenvalue weighted by atomic mass is 10.0. The first-order chi connectivity index (χ1) is 11.6. The average Bonchev–Trinajstić information content (AvgIpc) is 3.03. The Morgan fingerprint density at radius 1 is 1.29 bits per heavy atom. The maximum atomic E-state index is 12.4. The number of hydrogen-bond donors (Lipinski definition) is 1. The molecule has 0 fully saturated rings. The first kappa shape index (κ1) is 16.1. The van der Waals surface area contributed by atoms with Gasteiger partial charge in [0, 0.05) is 18.3 Å². The number of hydrogen-bond acceptors (Lipinski definition) is 5. The standard InChI is InChI=1S/C17H20N6O/c1-12-6-4-5-7-14(12)15(22(2)3)11-18-17(24)13-8-9-23-16(10-13)19-20-21-23/h4-10,15H,11H2,1-3H3,(H,18,24)/t15-/m0/s1. The summed E-state index contributed by atoms with van der Waals surface area (Å²) in [5, 5.41) is 14.2. The van der Waals surface area contributed by atoms with Crippen molar-refractivity contribution in [3.63, 3.8) is 0 Å². The predicted molar refractivity (Wildman–Crippen MR) is 90.7 cm³/mol. The summed E-state index contributed by atoms with van der Waals surface area (Å²) in [6, 6.07) is 11.7. The Labute approximate surface area is 140 Å². The maximum absolute atomic E-state index is 12.4. The van der Waals surface area contributed by atoms with E-state index in [2.05, 4.69) is 44.8 Å². The van der Waals surface area contributed by atoms with Crippen LogP contribution in [0.2, 0.25) is 0 Å². The fourth-order valence-electron chi connectivity index (χ4n) is 2.70. The average molecular weight is 324 g/mol. The van der Waals surface area contributed by atoms with Gasteiger partial charge < -0.3 is 10.2 Å². The van der Waals surface area contributed by atoms with Crippen molar-refractivity contribution in [1.82, 2.24) is 30.3 Å². The van der Waals surface area contributed by atoms with E-state index in [4.69, 9.17) is 0 Å². The number of carbonyl (C=O) groups is 1. The molecule has 1 atom stereocenters. The van der Waals surface area contributed by atoms with Crippen molar-refractivity contribution >= 4 is 11.6 Å². The van der Waals surface area contributed by atoms with Gasteiger partial charge in [-0.15, -0.1) is 5.10 Å². The Morgan fingerprint density at radius 2 is 2.08 bits per heavy atom. The van der Waals surface area contributed by atoms with Crippen LogP contribution in [-0.2, 0) is 0 Å². The Kier molecular flexibility index (Phi) is 4.52. The normalized spacial score (nSPS) is 12.5. The minimum absolute atomic E-state index is 0.105. The van der Waals surface area contributed by atoms with E-state index < -0.39 is 0 Å². The van der Waals surface area contributed by atoms with Gasteiger partial charge in [-0.05, 0) is 54.7 Å². The van der Waals surface area contributed by atoms with Crippen molar-refractivity contribution in [3.05, 3.63) is 59.3 Å². The third-order valence-electron chi connectivity index (χ3n) is 4.09. The molecule has 0 spiro atoms. The number of tetrazole rings is 1. The summed E-state index contributed by atoms with van der Waals surface area (Å²) in [6.07, 6.45) is 1.68. The van der Waals surface area contributed by atoms with Gasteiger partial charge in [0.25, 0.3) is 5.91 Å². The topological polar surface area (TPSA) is 75.4 Å². The van der Waals surface area contributed by atoms with Crippen molar-refractivity contribution in [3.8, 4) is 0 Å². The molecular weight excluding hydrogens is 304 g/mol. The number of pyridine rings is 1. The third kappa shape index (κ3) is 3.26. The second kappa shape index (κ2) is 6.76. The minimum Gasteiger partial charge on any atom is -0.350 e. The summed E-state index contributed by atoms with van der Waals surface area (Å²) < 4.78 is 1.52. The molecule has 0 saturated heterocycles. The molecule has 2 aromatic heterocycles. The largest absolute Gasteiger partial charge is 0.350 e. The molecule has 0 radical (unpaired) electrons. The number of fused-ring (bicyclic) bond motifs is 1. The Balaban J connectivity index is 1.74. The van der Waals surface area contributed by atoms with Gasteiger partial charge in [-0.3, -0.25) is 4.79 Å². The molecule has 0 saturated carbocycles. The van der Waals surface area contributed by atoms with Gasteiger partial charge in [0.15, 0.2) is 5.65 Å². The van der Waals surface area contributed by atoms with Crippen molar-refractivity contribution in [2.75, 3.05) is 20.6 Å². The summed E-state index contributed by atoms with van der Waals surface area (Å²) >= 11 is 0. The lowest BCUT2D eigenvalue weighted by Gasteiger charge is -2.26. The number of aromatic nitrogens is 4. The van der Waals surface area contributed by atoms with E-state index in [1.165, 1.54) is 15.6 Å². The van der Waals surface area contributed by atoms with E-state index in [-0.39, 0.29) is 11.9 Å². The molecule has 24 heavy (non-hydrogen) atoms. The molecular formula is C17H20N6O. The zero-order valence-electron chi connectivity index (χ0n) is 14.0. The number of aryl methyl sites for hydroxylation is 1. The van der Waals surface area contributed by atoms with E-state index >= 15 is 0 Å². The van der Waals surface area contributed by atoms with Crippen LogP contribution in [0.3, 0.4) is 0 Å². The smallest absolute Gasteiger partial charge is 0.251 e. The highest BCUT2D eigenvalue weighted by Crippen LogP contribution is 2.21. The number of rotatable bonds is 5. The number of nitrogens with one attached hydrogen (secondary N) is 1. The van der Waals surface area contributed by atoms with Gasteiger partial charge >= 0.3 is 0 Å². The van der Waals surface area contributed by atoms with Crippen LogP contribution in [0.25, 0.3) is 5.65 Å². The zero-order valence-corrected chi connectivity index (χ0v) is 14.0. The highest BCUT2D eigenvalue weighted by molar-refractivity contribution is 5.94. The van der Waals surface area contributed by atoms with Gasteiger partial charge in [-0.2, -0.15) is 0 Å². The van der Waals surface area contributed by atoms with Crippen molar-refractivity contribution in [2.24, 2.45) is 0 Å². The second-order valence-electron chi connectivity index (χ2n) is 5.94. The van der Waals surface area contributed by atoms with Crippen LogP contribution in [0.5, 0.6) is 0 Å². The van der Waals surface area contributed by atoms with Gasteiger partial charge in [0.05, 0.1) is 6.04 Å². The van der Waals surface area contributed by atoms with Gasteiger partial charge in [-0.1, -0.05) is 24.3 Å². The summed E-state index contributed by atoms with van der Waals surface area (Å²) in [6.45, 7) is 2.60. The van der Waals surface area contributed by atoms with Gasteiger partial charge in [0.1, 0.15) is 0 Å². The van der Waals surface area contributed by atoms with Crippen LogP contribution >= 0.6 is 0 Å². The molecule has 7 heteroatoms. The lowest BCUT2D eigenvalue weighted by Crippen LogP contribution is -2.35. The van der Waals surface area contributed by atoms with Crippen LogP contribution in [0, 0.1) is 6.92 Å². The molecule has 0 bridgehead atoms. The quantitative estimate of drug-likeness (QED) is 0.769.